The quantitative estimate of drug-likeness (QED) is 0.515. The van der Waals surface area contributed by atoms with Crippen molar-refractivity contribution in [3.05, 3.63) is 86.6 Å². The number of benzene rings is 2. The summed E-state index contributed by atoms with van der Waals surface area (Å²) in [6.07, 6.45) is -0.372. The van der Waals surface area contributed by atoms with Crippen LogP contribution in [0.4, 0.5) is 0 Å². The second-order valence-electron chi connectivity index (χ2n) is 6.95. The molecule has 0 aliphatic carbocycles. The average Bonchev–Trinajstić information content (AvgIpc) is 2.67. The minimum atomic E-state index is -0.817. The van der Waals surface area contributed by atoms with Crippen molar-refractivity contribution in [2.75, 3.05) is 0 Å². The van der Waals surface area contributed by atoms with E-state index in [1.807, 2.05) is 0 Å². The van der Waals surface area contributed by atoms with Crippen LogP contribution in [0.15, 0.2) is 69.2 Å². The monoisotopic (exact) mass is 411 g/mol. The van der Waals surface area contributed by atoms with Crippen LogP contribution in [0.1, 0.15) is 30.9 Å². The number of carbonyl (C=O) groups is 1. The van der Waals surface area contributed by atoms with Gasteiger partial charge in [0.05, 0.1) is 23.0 Å². The highest BCUT2D eigenvalue weighted by atomic mass is 35.5. The largest absolute Gasteiger partial charge is 0.459 e. The summed E-state index contributed by atoms with van der Waals surface area (Å²) in [6, 6.07) is 13.8. The molecule has 1 unspecified atom stereocenters. The summed E-state index contributed by atoms with van der Waals surface area (Å²) >= 11 is 6.02. The standard InChI is InChI=1S/C22H18ClNO5/c1-11(2)27-22(26)18-16(12-7-9-13(23)10-8-12)17-19(29-20(18)24)14-5-3-4-6-15(14)28-21(17)25/h3-11,16H,24H2,1-2H3. The zero-order valence-corrected chi connectivity index (χ0v) is 16.5. The van der Waals surface area contributed by atoms with Gasteiger partial charge in [-0.25, -0.2) is 9.59 Å². The van der Waals surface area contributed by atoms with Gasteiger partial charge in [0.15, 0.2) is 5.75 Å². The lowest BCUT2D eigenvalue weighted by atomic mass is 9.83. The number of rotatable bonds is 3. The van der Waals surface area contributed by atoms with Crippen LogP contribution in [-0.2, 0) is 9.53 Å². The van der Waals surface area contributed by atoms with E-state index in [0.29, 0.717) is 21.6 Å². The number of ether oxygens (including phenoxy) is 2. The smallest absolute Gasteiger partial charge is 0.344 e. The number of nitrogens with two attached hydrogens (primary N) is 1. The first-order chi connectivity index (χ1) is 13.9. The third-order valence-corrected chi connectivity index (χ3v) is 4.87. The van der Waals surface area contributed by atoms with Crippen LogP contribution >= 0.6 is 11.6 Å². The van der Waals surface area contributed by atoms with Gasteiger partial charge in [-0.1, -0.05) is 35.9 Å². The van der Waals surface area contributed by atoms with Gasteiger partial charge in [0.1, 0.15) is 11.2 Å². The SMILES string of the molecule is CC(C)OC(=O)C1=C(N)Oc2c(c(=O)oc3ccccc23)C1c1ccc(Cl)cc1. The molecule has 29 heavy (non-hydrogen) atoms. The van der Waals surface area contributed by atoms with E-state index < -0.39 is 17.5 Å². The number of halogens is 1. The highest BCUT2D eigenvalue weighted by Gasteiger charge is 2.39. The summed E-state index contributed by atoms with van der Waals surface area (Å²) in [7, 11) is 0. The predicted octanol–water partition coefficient (Wildman–Crippen LogP) is 4.09. The van der Waals surface area contributed by atoms with E-state index in [4.69, 9.17) is 31.2 Å². The molecule has 3 aromatic rings. The van der Waals surface area contributed by atoms with E-state index in [-0.39, 0.29) is 28.9 Å². The van der Waals surface area contributed by atoms with Gasteiger partial charge in [0.2, 0.25) is 5.88 Å². The molecule has 148 valence electrons. The summed E-state index contributed by atoms with van der Waals surface area (Å²) < 4.78 is 16.7. The highest BCUT2D eigenvalue weighted by Crippen LogP contribution is 2.44. The van der Waals surface area contributed by atoms with Crippen LogP contribution < -0.4 is 16.1 Å². The van der Waals surface area contributed by atoms with Gasteiger partial charge in [0, 0.05) is 5.02 Å². The van der Waals surface area contributed by atoms with E-state index in [0.717, 1.165) is 0 Å². The van der Waals surface area contributed by atoms with Gasteiger partial charge in [-0.2, -0.15) is 0 Å². The maximum atomic E-state index is 12.9. The molecule has 7 heteroatoms. The molecule has 0 fully saturated rings. The number of carbonyl (C=O) groups excluding carboxylic acids is 1. The zero-order valence-electron chi connectivity index (χ0n) is 15.8. The third-order valence-electron chi connectivity index (χ3n) is 4.62. The van der Waals surface area contributed by atoms with Gasteiger partial charge in [-0.3, -0.25) is 0 Å². The molecular weight excluding hydrogens is 394 g/mol. The van der Waals surface area contributed by atoms with Crippen molar-refractivity contribution >= 4 is 28.5 Å². The fraction of sp³-hybridized carbons (Fsp3) is 0.182. The van der Waals surface area contributed by atoms with Crippen LogP contribution in [0, 0.1) is 0 Å². The Morgan fingerprint density at radius 2 is 1.83 bits per heavy atom. The van der Waals surface area contributed by atoms with E-state index in [9.17, 15) is 9.59 Å². The second-order valence-corrected chi connectivity index (χ2v) is 7.38. The van der Waals surface area contributed by atoms with Crippen LogP contribution in [-0.4, -0.2) is 12.1 Å². The molecule has 0 amide bonds. The maximum absolute atomic E-state index is 12.9. The summed E-state index contributed by atoms with van der Waals surface area (Å²) in [5.41, 5.74) is 6.81. The van der Waals surface area contributed by atoms with Crippen molar-refractivity contribution in [3.8, 4) is 5.75 Å². The predicted molar refractivity (Wildman–Crippen MR) is 109 cm³/mol. The van der Waals surface area contributed by atoms with Crippen molar-refractivity contribution in [2.24, 2.45) is 5.73 Å². The lowest BCUT2D eigenvalue weighted by Gasteiger charge is -2.28. The molecule has 0 bridgehead atoms. The normalized spacial score (nSPS) is 15.9. The van der Waals surface area contributed by atoms with Crippen molar-refractivity contribution < 1.29 is 18.7 Å². The van der Waals surface area contributed by atoms with Crippen LogP contribution in [0.25, 0.3) is 11.0 Å². The molecular formula is C22H18ClNO5. The Bertz CT molecular complexity index is 1190. The van der Waals surface area contributed by atoms with Gasteiger partial charge in [-0.05, 0) is 43.7 Å². The fourth-order valence-electron chi connectivity index (χ4n) is 3.43. The van der Waals surface area contributed by atoms with Crippen molar-refractivity contribution in [1.82, 2.24) is 0 Å². The lowest BCUT2D eigenvalue weighted by molar-refractivity contribution is -0.143. The zero-order chi connectivity index (χ0) is 20.7. The molecule has 1 atom stereocenters. The lowest BCUT2D eigenvalue weighted by Crippen LogP contribution is -2.31. The highest BCUT2D eigenvalue weighted by molar-refractivity contribution is 6.30. The molecule has 2 N–H and O–H groups in total. The molecule has 4 rings (SSSR count). The van der Waals surface area contributed by atoms with Gasteiger partial charge in [0.25, 0.3) is 0 Å². The number of esters is 1. The Balaban J connectivity index is 2.01. The van der Waals surface area contributed by atoms with Gasteiger partial charge in [-0.15, -0.1) is 0 Å². The Morgan fingerprint density at radius 3 is 2.52 bits per heavy atom. The number of para-hydroxylation sites is 1. The first kappa shape index (κ1) is 19.1. The Labute approximate surface area is 171 Å². The maximum Gasteiger partial charge on any atom is 0.344 e. The summed E-state index contributed by atoms with van der Waals surface area (Å²) in [5, 5.41) is 1.11. The van der Waals surface area contributed by atoms with Crippen molar-refractivity contribution in [1.29, 1.82) is 0 Å². The van der Waals surface area contributed by atoms with E-state index >= 15 is 0 Å². The average molecular weight is 412 g/mol. The molecule has 0 saturated carbocycles. The first-order valence-corrected chi connectivity index (χ1v) is 9.44. The van der Waals surface area contributed by atoms with Crippen LogP contribution in [0.2, 0.25) is 5.02 Å². The molecule has 0 spiro atoms. The number of hydrogen-bond donors (Lipinski definition) is 1. The number of fused-ring (bicyclic) bond motifs is 3. The molecule has 0 saturated heterocycles. The van der Waals surface area contributed by atoms with E-state index in [2.05, 4.69) is 0 Å². The van der Waals surface area contributed by atoms with E-state index in [1.54, 1.807) is 62.4 Å². The molecule has 1 aromatic heterocycles. The summed E-state index contributed by atoms with van der Waals surface area (Å²) in [5.74, 6) is -1.31. The Morgan fingerprint density at radius 1 is 1.14 bits per heavy atom. The van der Waals surface area contributed by atoms with Crippen LogP contribution in [0.3, 0.4) is 0 Å². The number of hydrogen-bond acceptors (Lipinski definition) is 6. The van der Waals surface area contributed by atoms with Crippen molar-refractivity contribution in [2.45, 2.75) is 25.9 Å². The Kier molecular flexibility index (Phi) is 4.80. The van der Waals surface area contributed by atoms with Gasteiger partial charge >= 0.3 is 11.6 Å². The Hall–Kier alpha value is -3.25. The van der Waals surface area contributed by atoms with E-state index in [1.165, 1.54) is 0 Å². The summed E-state index contributed by atoms with van der Waals surface area (Å²) in [6.45, 7) is 3.46. The minimum absolute atomic E-state index is 0.0519. The molecule has 1 aliphatic heterocycles. The first-order valence-electron chi connectivity index (χ1n) is 9.06. The second kappa shape index (κ2) is 7.29. The molecule has 1 aliphatic rings. The molecule has 6 nitrogen and oxygen atoms in total. The minimum Gasteiger partial charge on any atom is -0.459 e. The third kappa shape index (κ3) is 3.36. The molecule has 2 aromatic carbocycles. The van der Waals surface area contributed by atoms with Crippen LogP contribution in [0.5, 0.6) is 5.75 Å². The van der Waals surface area contributed by atoms with Crippen molar-refractivity contribution in [3.63, 3.8) is 0 Å². The fourth-order valence-corrected chi connectivity index (χ4v) is 3.56. The topological polar surface area (TPSA) is 91.8 Å². The summed E-state index contributed by atoms with van der Waals surface area (Å²) in [4.78, 5) is 25.8. The molecule has 2 heterocycles. The molecule has 0 radical (unpaired) electrons. The van der Waals surface area contributed by atoms with Gasteiger partial charge < -0.3 is 19.6 Å².